The van der Waals surface area contributed by atoms with E-state index in [9.17, 15) is 4.79 Å². The third kappa shape index (κ3) is 3.65. The van der Waals surface area contributed by atoms with Gasteiger partial charge in [-0.05, 0) is 18.1 Å². The van der Waals surface area contributed by atoms with Crippen LogP contribution in [-0.4, -0.2) is 16.9 Å². The molecular weight excluding hydrogens is 289 g/mol. The zero-order chi connectivity index (χ0) is 10.4. The molecule has 1 N–H and O–H groups in total. The van der Waals surface area contributed by atoms with E-state index < -0.39 is 0 Å². The molecule has 0 aromatic heterocycles. The van der Waals surface area contributed by atoms with Gasteiger partial charge in [-0.1, -0.05) is 46.9 Å². The number of halogens is 1. The Morgan fingerprint density at radius 1 is 1.43 bits per heavy atom. The summed E-state index contributed by atoms with van der Waals surface area (Å²) in [6, 6.07) is 7.98. The van der Waals surface area contributed by atoms with E-state index in [-0.39, 0.29) is 5.91 Å². The van der Waals surface area contributed by atoms with Crippen molar-refractivity contribution in [3.63, 3.8) is 0 Å². The number of alkyl halides is 1. The Bertz CT molecular complexity index is 312. The highest BCUT2D eigenvalue weighted by atomic mass is 127. The van der Waals surface area contributed by atoms with Crippen LogP contribution in [0.5, 0.6) is 0 Å². The molecule has 1 amide bonds. The highest BCUT2D eigenvalue weighted by Gasteiger charge is 2.03. The van der Waals surface area contributed by atoms with Crippen LogP contribution in [0.15, 0.2) is 24.3 Å². The second-order valence-electron chi connectivity index (χ2n) is 3.14. The standard InChI is InChI=1S/C11H14INO/c1-9-4-2-3-5-10(9)8-11(14)13-7-6-12/h2-5H,6-8H2,1H3,(H,13,14). The van der Waals surface area contributed by atoms with Crippen LogP contribution in [-0.2, 0) is 11.2 Å². The third-order valence-corrected chi connectivity index (χ3v) is 2.57. The first kappa shape index (κ1) is 11.5. The zero-order valence-corrected chi connectivity index (χ0v) is 10.4. The maximum absolute atomic E-state index is 11.4. The molecule has 0 spiro atoms. The Balaban J connectivity index is 2.52. The normalized spacial score (nSPS) is 9.86. The number of benzene rings is 1. The fourth-order valence-electron chi connectivity index (χ4n) is 1.23. The van der Waals surface area contributed by atoms with Gasteiger partial charge in [-0.3, -0.25) is 4.79 Å². The molecule has 0 saturated carbocycles. The average Bonchev–Trinajstić information content (AvgIpc) is 2.18. The number of carbonyl (C=O) groups is 1. The van der Waals surface area contributed by atoms with Crippen molar-refractivity contribution in [1.29, 1.82) is 0 Å². The second kappa shape index (κ2) is 6.01. The summed E-state index contributed by atoms with van der Waals surface area (Å²) in [6.45, 7) is 2.78. The van der Waals surface area contributed by atoms with Gasteiger partial charge >= 0.3 is 0 Å². The maximum Gasteiger partial charge on any atom is 0.224 e. The molecule has 0 bridgehead atoms. The molecule has 1 aromatic rings. The maximum atomic E-state index is 11.4. The lowest BCUT2D eigenvalue weighted by Crippen LogP contribution is -2.26. The predicted molar refractivity (Wildman–Crippen MR) is 66.8 cm³/mol. The van der Waals surface area contributed by atoms with Crippen molar-refractivity contribution in [2.75, 3.05) is 11.0 Å². The molecule has 0 unspecified atom stereocenters. The summed E-state index contributed by atoms with van der Waals surface area (Å²) in [4.78, 5) is 11.4. The topological polar surface area (TPSA) is 29.1 Å². The van der Waals surface area contributed by atoms with Crippen molar-refractivity contribution in [2.45, 2.75) is 13.3 Å². The SMILES string of the molecule is Cc1ccccc1CC(=O)NCCI. The Morgan fingerprint density at radius 2 is 2.14 bits per heavy atom. The lowest BCUT2D eigenvalue weighted by atomic mass is 10.1. The van der Waals surface area contributed by atoms with E-state index in [1.165, 1.54) is 5.56 Å². The lowest BCUT2D eigenvalue weighted by Gasteiger charge is -2.05. The van der Waals surface area contributed by atoms with Crippen LogP contribution < -0.4 is 5.32 Å². The Hall–Kier alpha value is -0.580. The van der Waals surface area contributed by atoms with E-state index in [2.05, 4.69) is 27.9 Å². The summed E-state index contributed by atoms with van der Waals surface area (Å²) in [6.07, 6.45) is 0.489. The largest absolute Gasteiger partial charge is 0.355 e. The highest BCUT2D eigenvalue weighted by Crippen LogP contribution is 2.07. The summed E-state index contributed by atoms with van der Waals surface area (Å²) in [7, 11) is 0. The van der Waals surface area contributed by atoms with Gasteiger partial charge in [0.25, 0.3) is 0 Å². The molecule has 0 fully saturated rings. The lowest BCUT2D eigenvalue weighted by molar-refractivity contribution is -0.120. The Labute approximate surface area is 98.2 Å². The van der Waals surface area contributed by atoms with Gasteiger partial charge in [-0.25, -0.2) is 0 Å². The number of rotatable bonds is 4. The van der Waals surface area contributed by atoms with Gasteiger partial charge in [-0.2, -0.15) is 0 Å². The molecule has 76 valence electrons. The monoisotopic (exact) mass is 303 g/mol. The minimum atomic E-state index is 0.107. The van der Waals surface area contributed by atoms with Crippen molar-refractivity contribution in [2.24, 2.45) is 0 Å². The smallest absolute Gasteiger partial charge is 0.224 e. The molecule has 0 aliphatic heterocycles. The Kier molecular flexibility index (Phi) is 4.93. The number of aryl methyl sites for hydroxylation is 1. The third-order valence-electron chi connectivity index (χ3n) is 2.03. The van der Waals surface area contributed by atoms with Gasteiger partial charge in [0, 0.05) is 11.0 Å². The minimum absolute atomic E-state index is 0.107. The van der Waals surface area contributed by atoms with Gasteiger partial charge in [0.15, 0.2) is 0 Å². The number of amides is 1. The second-order valence-corrected chi connectivity index (χ2v) is 4.22. The molecule has 0 atom stereocenters. The number of hydrogen-bond acceptors (Lipinski definition) is 1. The first-order valence-corrected chi connectivity index (χ1v) is 6.13. The van der Waals surface area contributed by atoms with Gasteiger partial charge in [0.05, 0.1) is 6.42 Å². The van der Waals surface area contributed by atoms with E-state index in [0.29, 0.717) is 6.42 Å². The number of carbonyl (C=O) groups excluding carboxylic acids is 1. The minimum Gasteiger partial charge on any atom is -0.355 e. The van der Waals surface area contributed by atoms with Crippen molar-refractivity contribution in [1.82, 2.24) is 5.32 Å². The van der Waals surface area contributed by atoms with E-state index in [4.69, 9.17) is 0 Å². The van der Waals surface area contributed by atoms with Crippen LogP contribution in [0.1, 0.15) is 11.1 Å². The highest BCUT2D eigenvalue weighted by molar-refractivity contribution is 14.1. The summed E-state index contributed by atoms with van der Waals surface area (Å²) in [5, 5.41) is 2.86. The molecule has 0 aliphatic carbocycles. The molecule has 0 heterocycles. The molecule has 1 rings (SSSR count). The van der Waals surface area contributed by atoms with E-state index in [0.717, 1.165) is 16.5 Å². The fourth-order valence-corrected chi connectivity index (χ4v) is 1.50. The van der Waals surface area contributed by atoms with E-state index in [1.54, 1.807) is 0 Å². The first-order valence-electron chi connectivity index (χ1n) is 4.61. The predicted octanol–water partition coefficient (Wildman–Crippen LogP) is 2.09. The molecule has 0 radical (unpaired) electrons. The Morgan fingerprint density at radius 3 is 2.79 bits per heavy atom. The molecule has 3 heteroatoms. The quantitative estimate of drug-likeness (QED) is 0.670. The molecular formula is C11H14INO. The average molecular weight is 303 g/mol. The zero-order valence-electron chi connectivity index (χ0n) is 8.22. The number of nitrogens with one attached hydrogen (secondary N) is 1. The molecule has 0 aliphatic rings. The number of hydrogen-bond donors (Lipinski definition) is 1. The van der Waals surface area contributed by atoms with Gasteiger partial charge in [0.2, 0.25) is 5.91 Å². The van der Waals surface area contributed by atoms with Gasteiger partial charge in [-0.15, -0.1) is 0 Å². The van der Waals surface area contributed by atoms with Crippen molar-refractivity contribution >= 4 is 28.5 Å². The summed E-state index contributed by atoms with van der Waals surface area (Å²) < 4.78 is 0.956. The molecule has 2 nitrogen and oxygen atoms in total. The van der Waals surface area contributed by atoms with Crippen LogP contribution >= 0.6 is 22.6 Å². The van der Waals surface area contributed by atoms with E-state index >= 15 is 0 Å². The fraction of sp³-hybridized carbons (Fsp3) is 0.364. The molecule has 14 heavy (non-hydrogen) atoms. The molecule has 1 aromatic carbocycles. The van der Waals surface area contributed by atoms with Gasteiger partial charge < -0.3 is 5.32 Å². The summed E-state index contributed by atoms with van der Waals surface area (Å²) in [5.74, 6) is 0.107. The summed E-state index contributed by atoms with van der Waals surface area (Å²) in [5.41, 5.74) is 2.29. The van der Waals surface area contributed by atoms with Crippen LogP contribution in [0.2, 0.25) is 0 Å². The van der Waals surface area contributed by atoms with Crippen molar-refractivity contribution in [3.05, 3.63) is 35.4 Å². The van der Waals surface area contributed by atoms with E-state index in [1.807, 2.05) is 31.2 Å². The van der Waals surface area contributed by atoms with Crippen molar-refractivity contribution < 1.29 is 4.79 Å². The van der Waals surface area contributed by atoms with Gasteiger partial charge in [0.1, 0.15) is 0 Å². The first-order chi connectivity index (χ1) is 6.74. The van der Waals surface area contributed by atoms with Crippen molar-refractivity contribution in [3.8, 4) is 0 Å². The van der Waals surface area contributed by atoms with Crippen LogP contribution in [0.3, 0.4) is 0 Å². The van der Waals surface area contributed by atoms with Crippen LogP contribution in [0.4, 0.5) is 0 Å². The van der Waals surface area contributed by atoms with Crippen LogP contribution in [0, 0.1) is 6.92 Å². The summed E-state index contributed by atoms with van der Waals surface area (Å²) >= 11 is 2.24. The molecule has 0 saturated heterocycles. The van der Waals surface area contributed by atoms with Crippen LogP contribution in [0.25, 0.3) is 0 Å².